The van der Waals surface area contributed by atoms with Crippen molar-refractivity contribution in [2.45, 2.75) is 38.2 Å². The molecule has 1 fully saturated rings. The van der Waals surface area contributed by atoms with Crippen molar-refractivity contribution in [3.8, 4) is 0 Å². The lowest BCUT2D eigenvalue weighted by Crippen LogP contribution is -2.38. The second-order valence-corrected chi connectivity index (χ2v) is 3.76. The third kappa shape index (κ3) is 2.46. The molecule has 0 saturated heterocycles. The highest BCUT2D eigenvalue weighted by Crippen LogP contribution is 2.29. The van der Waals surface area contributed by atoms with Crippen LogP contribution in [0.25, 0.3) is 0 Å². The Kier molecular flexibility index (Phi) is 2.90. The van der Waals surface area contributed by atoms with E-state index in [0.717, 1.165) is 25.9 Å². The summed E-state index contributed by atoms with van der Waals surface area (Å²) < 4.78 is 0. The summed E-state index contributed by atoms with van der Waals surface area (Å²) in [6, 6.07) is 0. The quantitative estimate of drug-likeness (QED) is 0.666. The summed E-state index contributed by atoms with van der Waals surface area (Å²) in [6.45, 7) is 4.00. The Morgan fingerprint density at radius 2 is 1.91 bits per heavy atom. The molecule has 0 aromatic rings. The van der Waals surface area contributed by atoms with Gasteiger partial charge in [-0.05, 0) is 26.4 Å². The van der Waals surface area contributed by atoms with Crippen molar-refractivity contribution in [1.82, 2.24) is 4.90 Å². The Balaban J connectivity index is 2.33. The standard InChI is InChI=1S/C9H19NO/c1-3-10(2)8-9(11)6-4-5-7-9/h11H,3-8H2,1-2H3. The second-order valence-electron chi connectivity index (χ2n) is 3.76. The highest BCUT2D eigenvalue weighted by Gasteiger charge is 2.31. The average Bonchev–Trinajstić information content (AvgIpc) is 2.36. The number of aliphatic hydroxyl groups is 1. The SMILES string of the molecule is CCN(C)CC1(O)CCCC1. The van der Waals surface area contributed by atoms with Crippen molar-refractivity contribution in [2.75, 3.05) is 20.1 Å². The van der Waals surface area contributed by atoms with Gasteiger partial charge in [0, 0.05) is 6.54 Å². The van der Waals surface area contributed by atoms with E-state index in [-0.39, 0.29) is 5.60 Å². The topological polar surface area (TPSA) is 23.5 Å². The first-order chi connectivity index (χ1) is 5.16. The fourth-order valence-corrected chi connectivity index (χ4v) is 1.81. The molecule has 0 atom stereocenters. The van der Waals surface area contributed by atoms with Gasteiger partial charge in [-0.25, -0.2) is 0 Å². The van der Waals surface area contributed by atoms with Gasteiger partial charge in [0.25, 0.3) is 0 Å². The van der Waals surface area contributed by atoms with Gasteiger partial charge in [-0.2, -0.15) is 0 Å². The highest BCUT2D eigenvalue weighted by atomic mass is 16.3. The van der Waals surface area contributed by atoms with E-state index in [4.69, 9.17) is 0 Å². The lowest BCUT2D eigenvalue weighted by atomic mass is 10.0. The largest absolute Gasteiger partial charge is 0.389 e. The van der Waals surface area contributed by atoms with Gasteiger partial charge in [-0.15, -0.1) is 0 Å². The van der Waals surface area contributed by atoms with Crippen LogP contribution in [0.15, 0.2) is 0 Å². The van der Waals surface area contributed by atoms with Crippen molar-refractivity contribution in [3.05, 3.63) is 0 Å². The van der Waals surface area contributed by atoms with E-state index in [1.54, 1.807) is 0 Å². The Labute approximate surface area is 69.2 Å². The zero-order valence-electron chi connectivity index (χ0n) is 7.64. The molecule has 1 rings (SSSR count). The summed E-state index contributed by atoms with van der Waals surface area (Å²) in [7, 11) is 2.07. The minimum absolute atomic E-state index is 0.356. The maximum Gasteiger partial charge on any atom is 0.0774 e. The molecule has 0 aromatic carbocycles. The minimum Gasteiger partial charge on any atom is -0.389 e. The molecule has 2 nitrogen and oxygen atoms in total. The molecular weight excluding hydrogens is 138 g/mol. The molecule has 0 spiro atoms. The van der Waals surface area contributed by atoms with Crippen LogP contribution < -0.4 is 0 Å². The summed E-state index contributed by atoms with van der Waals surface area (Å²) in [5.74, 6) is 0. The van der Waals surface area contributed by atoms with Crippen molar-refractivity contribution >= 4 is 0 Å². The Hall–Kier alpha value is -0.0800. The van der Waals surface area contributed by atoms with Crippen molar-refractivity contribution in [1.29, 1.82) is 0 Å². The molecule has 0 bridgehead atoms. The maximum atomic E-state index is 9.95. The molecule has 1 aliphatic rings. The lowest BCUT2D eigenvalue weighted by molar-refractivity contribution is 0.0177. The molecule has 0 radical (unpaired) electrons. The first-order valence-electron chi connectivity index (χ1n) is 4.57. The molecule has 0 aliphatic heterocycles. The Morgan fingerprint density at radius 1 is 1.36 bits per heavy atom. The summed E-state index contributed by atoms with van der Waals surface area (Å²) >= 11 is 0. The lowest BCUT2D eigenvalue weighted by Gasteiger charge is -2.27. The third-order valence-corrected chi connectivity index (χ3v) is 2.64. The summed E-state index contributed by atoms with van der Waals surface area (Å²) in [5, 5.41) is 9.95. The van der Waals surface area contributed by atoms with Gasteiger partial charge in [0.15, 0.2) is 0 Å². The van der Waals surface area contributed by atoms with Crippen LogP contribution in [0.3, 0.4) is 0 Å². The summed E-state index contributed by atoms with van der Waals surface area (Å²) in [6.07, 6.45) is 4.40. The van der Waals surface area contributed by atoms with Crippen LogP contribution in [0.2, 0.25) is 0 Å². The van der Waals surface area contributed by atoms with Gasteiger partial charge in [-0.1, -0.05) is 19.8 Å². The van der Waals surface area contributed by atoms with Gasteiger partial charge >= 0.3 is 0 Å². The van der Waals surface area contributed by atoms with Crippen LogP contribution in [0.1, 0.15) is 32.6 Å². The molecule has 0 unspecified atom stereocenters. The van der Waals surface area contributed by atoms with Crippen molar-refractivity contribution in [2.24, 2.45) is 0 Å². The fraction of sp³-hybridized carbons (Fsp3) is 1.00. The Morgan fingerprint density at radius 3 is 2.36 bits per heavy atom. The van der Waals surface area contributed by atoms with Crippen molar-refractivity contribution < 1.29 is 5.11 Å². The monoisotopic (exact) mass is 157 g/mol. The van der Waals surface area contributed by atoms with E-state index in [9.17, 15) is 5.11 Å². The fourth-order valence-electron chi connectivity index (χ4n) is 1.81. The van der Waals surface area contributed by atoms with Crippen LogP contribution in [-0.2, 0) is 0 Å². The number of hydrogen-bond acceptors (Lipinski definition) is 2. The average molecular weight is 157 g/mol. The smallest absolute Gasteiger partial charge is 0.0774 e. The molecular formula is C9H19NO. The molecule has 1 aliphatic carbocycles. The minimum atomic E-state index is -0.356. The van der Waals surface area contributed by atoms with Crippen LogP contribution in [0.4, 0.5) is 0 Å². The number of rotatable bonds is 3. The zero-order chi connectivity index (χ0) is 8.32. The predicted octanol–water partition coefficient (Wildman–Crippen LogP) is 1.24. The molecule has 66 valence electrons. The van der Waals surface area contributed by atoms with Crippen molar-refractivity contribution in [3.63, 3.8) is 0 Å². The van der Waals surface area contributed by atoms with Gasteiger partial charge in [0.05, 0.1) is 5.60 Å². The van der Waals surface area contributed by atoms with E-state index < -0.39 is 0 Å². The van der Waals surface area contributed by atoms with Gasteiger partial charge in [0.1, 0.15) is 0 Å². The van der Waals surface area contributed by atoms with E-state index in [1.165, 1.54) is 12.8 Å². The van der Waals surface area contributed by atoms with E-state index >= 15 is 0 Å². The number of likely N-dealkylation sites (N-methyl/N-ethyl adjacent to an activating group) is 1. The zero-order valence-corrected chi connectivity index (χ0v) is 7.64. The van der Waals surface area contributed by atoms with E-state index in [0.29, 0.717) is 0 Å². The van der Waals surface area contributed by atoms with Crippen LogP contribution >= 0.6 is 0 Å². The summed E-state index contributed by atoms with van der Waals surface area (Å²) in [4.78, 5) is 2.19. The number of hydrogen-bond donors (Lipinski definition) is 1. The van der Waals surface area contributed by atoms with E-state index in [2.05, 4.69) is 18.9 Å². The normalized spacial score (nSPS) is 22.9. The van der Waals surface area contributed by atoms with Gasteiger partial charge in [0.2, 0.25) is 0 Å². The van der Waals surface area contributed by atoms with Gasteiger partial charge < -0.3 is 10.0 Å². The molecule has 0 heterocycles. The predicted molar refractivity (Wildman–Crippen MR) is 46.6 cm³/mol. The number of nitrogens with zero attached hydrogens (tertiary/aromatic N) is 1. The van der Waals surface area contributed by atoms with Gasteiger partial charge in [-0.3, -0.25) is 0 Å². The molecule has 0 amide bonds. The summed E-state index contributed by atoms with van der Waals surface area (Å²) in [5.41, 5.74) is -0.356. The van der Waals surface area contributed by atoms with E-state index in [1.807, 2.05) is 0 Å². The first kappa shape index (κ1) is 9.01. The third-order valence-electron chi connectivity index (χ3n) is 2.64. The van der Waals surface area contributed by atoms with Crippen LogP contribution in [0, 0.1) is 0 Å². The van der Waals surface area contributed by atoms with Crippen LogP contribution in [-0.4, -0.2) is 35.7 Å². The Bertz CT molecular complexity index is 119. The molecule has 1 saturated carbocycles. The highest BCUT2D eigenvalue weighted by molar-refractivity contribution is 4.86. The molecule has 0 aromatic heterocycles. The van der Waals surface area contributed by atoms with Crippen LogP contribution in [0.5, 0.6) is 0 Å². The molecule has 2 heteroatoms. The maximum absolute atomic E-state index is 9.95. The molecule has 1 N–H and O–H groups in total. The molecule has 11 heavy (non-hydrogen) atoms. The second kappa shape index (κ2) is 3.55. The first-order valence-corrected chi connectivity index (χ1v) is 4.57.